The molecule has 0 radical (unpaired) electrons. The zero-order chi connectivity index (χ0) is 17.6. The van der Waals surface area contributed by atoms with Crippen molar-refractivity contribution >= 4 is 22.8 Å². The molecule has 2 aromatic rings. The largest absolute Gasteiger partial charge is 0.327 e. The molecule has 3 heterocycles. The van der Waals surface area contributed by atoms with Gasteiger partial charge in [0.2, 0.25) is 0 Å². The zero-order valence-corrected chi connectivity index (χ0v) is 15.0. The van der Waals surface area contributed by atoms with Crippen LogP contribution in [0.4, 0.5) is 10.6 Å². The summed E-state index contributed by atoms with van der Waals surface area (Å²) in [5.41, 5.74) is 3.24. The first-order valence-corrected chi connectivity index (χ1v) is 8.94. The molecule has 0 saturated carbocycles. The van der Waals surface area contributed by atoms with E-state index in [1.54, 1.807) is 4.90 Å². The summed E-state index contributed by atoms with van der Waals surface area (Å²) in [6.07, 6.45) is 3.14. The molecular weight excluding hydrogens is 314 g/mol. The molecule has 2 amide bonds. The van der Waals surface area contributed by atoms with E-state index in [9.17, 15) is 4.79 Å². The number of aryl methyl sites for hydroxylation is 1. The van der Waals surface area contributed by atoms with Gasteiger partial charge < -0.3 is 10.2 Å². The summed E-state index contributed by atoms with van der Waals surface area (Å²) >= 11 is 0. The predicted molar refractivity (Wildman–Crippen MR) is 99.8 cm³/mol. The first kappa shape index (κ1) is 16.1. The summed E-state index contributed by atoms with van der Waals surface area (Å²) in [5.74, 6) is 1.35. The Balaban J connectivity index is 1.67. The van der Waals surface area contributed by atoms with Crippen molar-refractivity contribution < 1.29 is 4.79 Å². The number of benzene rings is 1. The van der Waals surface area contributed by atoms with Crippen LogP contribution in [0.3, 0.4) is 0 Å². The third-order valence-corrected chi connectivity index (χ3v) is 5.47. The number of rotatable bonds is 2. The van der Waals surface area contributed by atoms with E-state index in [2.05, 4.69) is 47.1 Å². The molecule has 2 fully saturated rings. The van der Waals surface area contributed by atoms with Crippen LogP contribution in [-0.2, 0) is 7.05 Å². The minimum Gasteiger partial charge on any atom is -0.312 e. The second-order valence-corrected chi connectivity index (χ2v) is 7.24. The van der Waals surface area contributed by atoms with E-state index in [1.807, 2.05) is 11.7 Å². The van der Waals surface area contributed by atoms with E-state index in [-0.39, 0.29) is 6.03 Å². The highest BCUT2D eigenvalue weighted by Crippen LogP contribution is 2.33. The average molecular weight is 339 g/mol. The molecule has 25 heavy (non-hydrogen) atoms. The van der Waals surface area contributed by atoms with Crippen LogP contribution in [0.25, 0.3) is 10.9 Å². The molecule has 0 aliphatic carbocycles. The Morgan fingerprint density at radius 1 is 1.20 bits per heavy atom. The molecule has 0 atom stereocenters. The SMILES string of the molecule is C=C1CCN(c2nn(C)c3cc(C4CCN(C)CC4)ccc23)C(=O)N1. The highest BCUT2D eigenvalue weighted by atomic mass is 16.2. The molecule has 1 N–H and O–H groups in total. The van der Waals surface area contributed by atoms with Crippen LogP contribution >= 0.6 is 0 Å². The van der Waals surface area contributed by atoms with Gasteiger partial charge in [-0.1, -0.05) is 12.6 Å². The third kappa shape index (κ3) is 2.91. The highest BCUT2D eigenvalue weighted by Gasteiger charge is 2.26. The number of urea groups is 1. The fraction of sp³-hybridized carbons (Fsp3) is 0.474. The van der Waals surface area contributed by atoms with Crippen molar-refractivity contribution in [3.8, 4) is 0 Å². The number of nitrogens with one attached hydrogen (secondary N) is 1. The van der Waals surface area contributed by atoms with Gasteiger partial charge in [-0.15, -0.1) is 0 Å². The maximum atomic E-state index is 12.3. The maximum absolute atomic E-state index is 12.3. The molecule has 2 aliphatic rings. The molecule has 1 aromatic carbocycles. The first-order chi connectivity index (χ1) is 12.0. The molecule has 2 saturated heterocycles. The van der Waals surface area contributed by atoms with E-state index < -0.39 is 0 Å². The number of carbonyl (C=O) groups excluding carboxylic acids is 1. The van der Waals surface area contributed by atoms with Crippen LogP contribution in [0.1, 0.15) is 30.7 Å². The summed E-state index contributed by atoms with van der Waals surface area (Å²) in [5, 5.41) is 8.47. The molecule has 0 unspecified atom stereocenters. The first-order valence-electron chi connectivity index (χ1n) is 8.94. The lowest BCUT2D eigenvalue weighted by molar-refractivity contribution is 0.246. The molecule has 0 bridgehead atoms. The van der Waals surface area contributed by atoms with Crippen LogP contribution in [-0.4, -0.2) is 47.4 Å². The van der Waals surface area contributed by atoms with Gasteiger partial charge >= 0.3 is 6.03 Å². The molecule has 0 spiro atoms. The Bertz CT molecular complexity index is 832. The Morgan fingerprint density at radius 2 is 1.96 bits per heavy atom. The maximum Gasteiger partial charge on any atom is 0.327 e. The predicted octanol–water partition coefficient (Wildman–Crippen LogP) is 2.82. The number of nitrogens with zero attached hydrogens (tertiary/aromatic N) is 4. The third-order valence-electron chi connectivity index (χ3n) is 5.47. The fourth-order valence-corrected chi connectivity index (χ4v) is 3.88. The van der Waals surface area contributed by atoms with Gasteiger partial charge in [0.1, 0.15) is 0 Å². The zero-order valence-electron chi connectivity index (χ0n) is 15.0. The Hall–Kier alpha value is -2.34. The number of piperidine rings is 1. The minimum absolute atomic E-state index is 0.143. The number of hydrogen-bond donors (Lipinski definition) is 1. The number of hydrogen-bond acceptors (Lipinski definition) is 3. The van der Waals surface area contributed by atoms with E-state index in [4.69, 9.17) is 0 Å². The van der Waals surface area contributed by atoms with E-state index in [0.29, 0.717) is 12.5 Å². The van der Waals surface area contributed by atoms with Crippen LogP contribution in [0.5, 0.6) is 0 Å². The van der Waals surface area contributed by atoms with Gasteiger partial charge in [0.15, 0.2) is 5.82 Å². The van der Waals surface area contributed by atoms with Crippen molar-refractivity contribution in [3.63, 3.8) is 0 Å². The fourth-order valence-electron chi connectivity index (χ4n) is 3.88. The molecule has 132 valence electrons. The van der Waals surface area contributed by atoms with Gasteiger partial charge in [-0.25, -0.2) is 4.79 Å². The van der Waals surface area contributed by atoms with Gasteiger partial charge in [-0.2, -0.15) is 5.10 Å². The van der Waals surface area contributed by atoms with Crippen molar-refractivity contribution in [2.75, 3.05) is 31.6 Å². The van der Waals surface area contributed by atoms with Gasteiger partial charge in [0, 0.05) is 31.1 Å². The van der Waals surface area contributed by atoms with Crippen LogP contribution in [0, 0.1) is 0 Å². The molecule has 2 aliphatic heterocycles. The Morgan fingerprint density at radius 3 is 2.68 bits per heavy atom. The van der Waals surface area contributed by atoms with E-state index in [0.717, 1.165) is 41.9 Å². The van der Waals surface area contributed by atoms with Crippen LogP contribution < -0.4 is 10.2 Å². The smallest absolute Gasteiger partial charge is 0.312 e. The summed E-state index contributed by atoms with van der Waals surface area (Å²) < 4.78 is 1.89. The molecule has 4 rings (SSSR count). The number of carbonyl (C=O) groups is 1. The average Bonchev–Trinajstić information content (AvgIpc) is 2.92. The quantitative estimate of drug-likeness (QED) is 0.915. The van der Waals surface area contributed by atoms with Crippen LogP contribution in [0.15, 0.2) is 30.5 Å². The summed E-state index contributed by atoms with van der Waals surface area (Å²) in [7, 11) is 4.14. The standard InChI is InChI=1S/C19H25N5O/c1-13-6-11-24(19(25)20-13)18-16-5-4-15(12-17(16)23(3)21-18)14-7-9-22(2)10-8-14/h4-5,12,14H,1,6-11H2,2-3H3,(H,20,25). The van der Waals surface area contributed by atoms with Crippen molar-refractivity contribution in [3.05, 3.63) is 36.0 Å². The number of anilines is 1. The van der Waals surface area contributed by atoms with Gasteiger partial charge in [-0.3, -0.25) is 9.58 Å². The van der Waals surface area contributed by atoms with Crippen molar-refractivity contribution in [2.24, 2.45) is 7.05 Å². The highest BCUT2D eigenvalue weighted by molar-refractivity contribution is 6.02. The molecule has 6 nitrogen and oxygen atoms in total. The lowest BCUT2D eigenvalue weighted by Gasteiger charge is -2.29. The van der Waals surface area contributed by atoms with Gasteiger partial charge in [0.25, 0.3) is 0 Å². The van der Waals surface area contributed by atoms with E-state index in [1.165, 1.54) is 18.4 Å². The monoisotopic (exact) mass is 339 g/mol. The lowest BCUT2D eigenvalue weighted by atomic mass is 9.89. The minimum atomic E-state index is -0.143. The summed E-state index contributed by atoms with van der Waals surface area (Å²) in [4.78, 5) is 16.4. The van der Waals surface area contributed by atoms with Gasteiger partial charge in [-0.05, 0) is 56.6 Å². The van der Waals surface area contributed by atoms with E-state index >= 15 is 0 Å². The van der Waals surface area contributed by atoms with Crippen molar-refractivity contribution in [2.45, 2.75) is 25.2 Å². The second-order valence-electron chi connectivity index (χ2n) is 7.24. The topological polar surface area (TPSA) is 53.4 Å². The van der Waals surface area contributed by atoms with Crippen LogP contribution in [0.2, 0.25) is 0 Å². The number of amides is 2. The number of likely N-dealkylation sites (tertiary alicyclic amines) is 1. The number of aromatic nitrogens is 2. The summed E-state index contributed by atoms with van der Waals surface area (Å²) in [6, 6.07) is 6.45. The Kier molecular flexibility index (Phi) is 4.00. The second kappa shape index (κ2) is 6.19. The Labute approximate surface area is 148 Å². The van der Waals surface area contributed by atoms with Crippen molar-refractivity contribution in [1.29, 1.82) is 0 Å². The lowest BCUT2D eigenvalue weighted by Crippen LogP contribution is -2.45. The number of fused-ring (bicyclic) bond motifs is 1. The van der Waals surface area contributed by atoms with Gasteiger partial charge in [0.05, 0.1) is 5.52 Å². The molecule has 6 heteroatoms. The molecular formula is C19H25N5O. The molecule has 1 aromatic heterocycles. The van der Waals surface area contributed by atoms with Crippen molar-refractivity contribution in [1.82, 2.24) is 20.0 Å². The summed E-state index contributed by atoms with van der Waals surface area (Å²) in [6.45, 7) is 6.76. The normalized spacial score (nSPS) is 20.3.